The monoisotopic (exact) mass is 683 g/mol. The van der Waals surface area contributed by atoms with Crippen molar-refractivity contribution in [3.63, 3.8) is 0 Å². The normalized spacial score (nSPS) is 26.9. The van der Waals surface area contributed by atoms with Crippen LogP contribution in [-0.4, -0.2) is 108 Å². The summed E-state index contributed by atoms with van der Waals surface area (Å²) in [5.74, 6) is -0.578. The van der Waals surface area contributed by atoms with E-state index >= 15 is 0 Å². The maximum atomic E-state index is 12.8. The molecule has 0 bridgehead atoms. The number of nitrogens with one attached hydrogen (secondary N) is 1. The summed E-state index contributed by atoms with van der Waals surface area (Å²) in [6, 6.07) is -1.15. The van der Waals surface area contributed by atoms with Gasteiger partial charge in [-0.15, -0.1) is 0 Å². The second-order valence-electron chi connectivity index (χ2n) is 12.5. The second kappa shape index (κ2) is 24.2. The van der Waals surface area contributed by atoms with Gasteiger partial charge in [0, 0.05) is 0 Å². The number of allylic oxidation sites excluding steroid dienone is 2. The van der Waals surface area contributed by atoms with E-state index in [1.165, 1.54) is 12.8 Å². The smallest absolute Gasteiger partial charge is 0.393 e. The summed E-state index contributed by atoms with van der Waals surface area (Å²) < 4.78 is 22.6. The number of hydrogen-bond acceptors (Lipinski definition) is 11. The largest absolute Gasteiger partial charge is 0.472 e. The number of amides is 1. The first-order valence-electron chi connectivity index (χ1n) is 17.2. The minimum absolute atomic E-state index is 0.233. The molecule has 1 saturated carbocycles. The molecule has 272 valence electrons. The Bertz CT molecular complexity index is 864. The first kappa shape index (κ1) is 43.1. The van der Waals surface area contributed by atoms with E-state index in [2.05, 4.69) is 31.3 Å². The Morgan fingerprint density at radius 1 is 0.739 bits per heavy atom. The van der Waals surface area contributed by atoms with Crippen molar-refractivity contribution in [3.8, 4) is 0 Å². The number of phosphoric acid groups is 1. The fourth-order valence-electron chi connectivity index (χ4n) is 5.40. The second-order valence-corrected chi connectivity index (χ2v) is 14.0. The van der Waals surface area contributed by atoms with Crippen LogP contribution < -0.4 is 5.32 Å². The minimum atomic E-state index is -5.09. The molecule has 13 nitrogen and oxygen atoms in total. The van der Waals surface area contributed by atoms with Crippen molar-refractivity contribution in [1.82, 2.24) is 5.32 Å². The topological polar surface area (TPSA) is 226 Å². The average molecular weight is 684 g/mol. The van der Waals surface area contributed by atoms with Crippen LogP contribution in [0.2, 0.25) is 0 Å². The number of aliphatic hydroxyl groups excluding tert-OH is 7. The third kappa shape index (κ3) is 17.4. The van der Waals surface area contributed by atoms with Crippen LogP contribution in [-0.2, 0) is 18.4 Å². The molecule has 0 aromatic carbocycles. The molecule has 0 spiro atoms. The van der Waals surface area contributed by atoms with Gasteiger partial charge in [-0.25, -0.2) is 4.57 Å². The molecule has 8 atom stereocenters. The minimum Gasteiger partial charge on any atom is -0.393 e. The van der Waals surface area contributed by atoms with Gasteiger partial charge in [0.05, 0.1) is 31.3 Å². The van der Waals surface area contributed by atoms with Crippen molar-refractivity contribution < 1.29 is 59.0 Å². The van der Waals surface area contributed by atoms with Gasteiger partial charge < -0.3 is 46.0 Å². The third-order valence-corrected chi connectivity index (χ3v) is 9.36. The lowest BCUT2D eigenvalue weighted by Crippen LogP contribution is -2.64. The molecular weight excluding hydrogens is 621 g/mol. The Morgan fingerprint density at radius 3 is 1.85 bits per heavy atom. The predicted molar refractivity (Wildman–Crippen MR) is 174 cm³/mol. The van der Waals surface area contributed by atoms with Crippen LogP contribution in [0.5, 0.6) is 0 Å². The fourth-order valence-corrected chi connectivity index (χ4v) is 6.37. The molecule has 0 heterocycles. The summed E-state index contributed by atoms with van der Waals surface area (Å²) in [4.78, 5) is 23.1. The molecule has 1 aliphatic carbocycles. The zero-order valence-corrected chi connectivity index (χ0v) is 28.6. The van der Waals surface area contributed by atoms with Crippen molar-refractivity contribution in [2.75, 3.05) is 6.61 Å². The zero-order valence-electron chi connectivity index (χ0n) is 27.7. The highest BCUT2D eigenvalue weighted by atomic mass is 31.2. The van der Waals surface area contributed by atoms with Crippen molar-refractivity contribution in [2.45, 2.75) is 178 Å². The molecule has 0 aromatic rings. The van der Waals surface area contributed by atoms with Crippen molar-refractivity contribution in [2.24, 2.45) is 0 Å². The molecule has 9 N–H and O–H groups in total. The average Bonchev–Trinajstić information content (AvgIpc) is 3.01. The highest BCUT2D eigenvalue weighted by Crippen LogP contribution is 2.47. The van der Waals surface area contributed by atoms with E-state index in [9.17, 15) is 50.0 Å². The molecule has 1 amide bonds. The molecule has 8 unspecified atom stereocenters. The van der Waals surface area contributed by atoms with E-state index in [0.717, 1.165) is 70.6 Å². The summed E-state index contributed by atoms with van der Waals surface area (Å²) in [7, 11) is -5.09. The standard InChI is InChI=1S/C32H62NO12P/c1-3-5-7-9-11-12-14-15-17-19-23(34)21-26(36)33-24(25(35)20-18-16-13-10-8-6-4-2)22-44-46(42,43)45-32-30(40)28(38)27(37)29(39)31(32)41/h9,11,23-25,27-32,34-35,37-41H,3-8,10,12-22H2,1-2H3,(H,33,36)(H,42,43)/b11-9-. The van der Waals surface area contributed by atoms with Crippen molar-refractivity contribution in [3.05, 3.63) is 12.2 Å². The van der Waals surface area contributed by atoms with Crippen LogP contribution in [0, 0.1) is 0 Å². The van der Waals surface area contributed by atoms with Crippen LogP contribution in [0.3, 0.4) is 0 Å². The Morgan fingerprint density at radius 2 is 1.24 bits per heavy atom. The van der Waals surface area contributed by atoms with Crippen LogP contribution in [0.1, 0.15) is 123 Å². The van der Waals surface area contributed by atoms with E-state index in [4.69, 9.17) is 9.05 Å². The summed E-state index contributed by atoms with van der Waals surface area (Å²) in [5.41, 5.74) is 0. The van der Waals surface area contributed by atoms with Crippen molar-refractivity contribution >= 4 is 13.7 Å². The van der Waals surface area contributed by atoms with Gasteiger partial charge in [0.1, 0.15) is 36.6 Å². The highest BCUT2D eigenvalue weighted by molar-refractivity contribution is 7.47. The third-order valence-electron chi connectivity index (χ3n) is 8.38. The van der Waals surface area contributed by atoms with Crippen LogP contribution >= 0.6 is 7.82 Å². The molecule has 0 aromatic heterocycles. The SMILES string of the molecule is CCCC/C=C\CCCCCC(O)CC(=O)NC(COP(=O)(O)OC1C(O)C(O)C(O)C(O)C1O)C(O)CCCCCCCCC. The molecule has 14 heteroatoms. The molecule has 0 radical (unpaired) electrons. The highest BCUT2D eigenvalue weighted by Gasteiger charge is 2.51. The van der Waals surface area contributed by atoms with Gasteiger partial charge in [-0.05, 0) is 32.1 Å². The maximum Gasteiger partial charge on any atom is 0.472 e. The Kier molecular flexibility index (Phi) is 22.7. The molecule has 1 fully saturated rings. The molecule has 46 heavy (non-hydrogen) atoms. The first-order valence-corrected chi connectivity index (χ1v) is 18.7. The molecule has 1 rings (SSSR count). The molecule has 0 aliphatic heterocycles. The lowest BCUT2D eigenvalue weighted by Gasteiger charge is -2.41. The zero-order chi connectivity index (χ0) is 34.5. The summed E-state index contributed by atoms with van der Waals surface area (Å²) in [5, 5.41) is 73.6. The van der Waals surface area contributed by atoms with Gasteiger partial charge in [-0.2, -0.15) is 0 Å². The van der Waals surface area contributed by atoms with Gasteiger partial charge in [0.15, 0.2) is 0 Å². The van der Waals surface area contributed by atoms with Gasteiger partial charge in [0.2, 0.25) is 5.91 Å². The molecular formula is C32H62NO12P. The Balaban J connectivity index is 2.69. The van der Waals surface area contributed by atoms with Crippen LogP contribution in [0.4, 0.5) is 0 Å². The van der Waals surface area contributed by atoms with E-state index in [1.807, 2.05) is 0 Å². The number of carbonyl (C=O) groups excluding carboxylic acids is 1. The van der Waals surface area contributed by atoms with Crippen LogP contribution in [0.15, 0.2) is 12.2 Å². The van der Waals surface area contributed by atoms with Gasteiger partial charge in [-0.3, -0.25) is 13.8 Å². The Hall–Kier alpha value is -0.960. The summed E-state index contributed by atoms with van der Waals surface area (Å²) in [6.45, 7) is 3.60. The van der Waals surface area contributed by atoms with E-state index in [-0.39, 0.29) is 12.8 Å². The molecule has 0 saturated heterocycles. The maximum absolute atomic E-state index is 12.8. The number of aliphatic hydroxyl groups is 7. The lowest BCUT2D eigenvalue weighted by molar-refractivity contribution is -0.220. The van der Waals surface area contributed by atoms with Gasteiger partial charge in [0.25, 0.3) is 0 Å². The van der Waals surface area contributed by atoms with Crippen LogP contribution in [0.25, 0.3) is 0 Å². The van der Waals surface area contributed by atoms with Gasteiger partial charge >= 0.3 is 7.82 Å². The first-order chi connectivity index (χ1) is 21.8. The van der Waals surface area contributed by atoms with Gasteiger partial charge in [-0.1, -0.05) is 96.6 Å². The molecule has 1 aliphatic rings. The number of phosphoric ester groups is 1. The van der Waals surface area contributed by atoms with Crippen molar-refractivity contribution in [1.29, 1.82) is 0 Å². The Labute approximate surface area is 274 Å². The number of unbranched alkanes of at least 4 members (excludes halogenated alkanes) is 11. The number of hydrogen-bond donors (Lipinski definition) is 9. The quantitative estimate of drug-likeness (QED) is 0.0365. The fraction of sp³-hybridized carbons (Fsp3) is 0.906. The predicted octanol–water partition coefficient (Wildman–Crippen LogP) is 2.74. The van der Waals surface area contributed by atoms with E-state index in [0.29, 0.717) is 12.8 Å². The number of carbonyl (C=O) groups is 1. The summed E-state index contributed by atoms with van der Waals surface area (Å²) in [6.07, 6.45) is 4.87. The van der Waals surface area contributed by atoms with E-state index < -0.39 is 75.2 Å². The number of rotatable bonds is 26. The van der Waals surface area contributed by atoms with E-state index in [1.54, 1.807) is 0 Å². The summed E-state index contributed by atoms with van der Waals surface area (Å²) >= 11 is 0. The lowest BCUT2D eigenvalue weighted by atomic mass is 9.85.